The molecule has 1 saturated carbocycles. The van der Waals surface area contributed by atoms with Crippen molar-refractivity contribution in [1.82, 2.24) is 4.98 Å². The lowest BCUT2D eigenvalue weighted by molar-refractivity contribution is -0.108. The number of pyridine rings is 1. The summed E-state index contributed by atoms with van der Waals surface area (Å²) >= 11 is 0. The van der Waals surface area contributed by atoms with E-state index in [4.69, 9.17) is 4.74 Å². The van der Waals surface area contributed by atoms with Gasteiger partial charge in [0.15, 0.2) is 6.29 Å². The minimum atomic E-state index is -0.753. The van der Waals surface area contributed by atoms with Gasteiger partial charge in [0, 0.05) is 24.3 Å². The van der Waals surface area contributed by atoms with Gasteiger partial charge in [-0.1, -0.05) is 37.6 Å². The van der Waals surface area contributed by atoms with E-state index in [2.05, 4.69) is 18.0 Å². The molecule has 4 rings (SSSR count). The highest BCUT2D eigenvalue weighted by molar-refractivity contribution is 5.63. The third kappa shape index (κ3) is 4.07. The molecule has 1 unspecified atom stereocenters. The second kappa shape index (κ2) is 8.96. The van der Waals surface area contributed by atoms with Crippen molar-refractivity contribution >= 4 is 6.08 Å². The number of aliphatic hydroxyl groups is 2. The molecule has 0 radical (unpaired) electrons. The first-order chi connectivity index (χ1) is 14.5. The molecule has 0 bridgehead atoms. The van der Waals surface area contributed by atoms with Crippen molar-refractivity contribution in [2.75, 3.05) is 6.61 Å². The molecule has 2 aromatic rings. The van der Waals surface area contributed by atoms with Gasteiger partial charge in [0.2, 0.25) is 0 Å². The molecule has 0 spiro atoms. The van der Waals surface area contributed by atoms with Gasteiger partial charge in [-0.25, -0.2) is 4.39 Å². The van der Waals surface area contributed by atoms with Crippen LogP contribution in [0.1, 0.15) is 32.4 Å². The van der Waals surface area contributed by atoms with Crippen LogP contribution in [-0.2, 0) is 4.74 Å². The Kier molecular flexibility index (Phi) is 6.32. The quantitative estimate of drug-likeness (QED) is 0.759. The topological polar surface area (TPSA) is 62.6 Å². The molecule has 1 aliphatic heterocycles. The summed E-state index contributed by atoms with van der Waals surface area (Å²) in [7, 11) is 0. The Morgan fingerprint density at radius 1 is 1.23 bits per heavy atom. The predicted molar refractivity (Wildman–Crippen MR) is 115 cm³/mol. The normalized spacial score (nSPS) is 33.7. The molecule has 0 amide bonds. The Labute approximate surface area is 177 Å². The smallest absolute Gasteiger partial charge is 0.158 e. The summed E-state index contributed by atoms with van der Waals surface area (Å²) in [5, 5.41) is 20.3. The number of rotatable bonds is 5. The van der Waals surface area contributed by atoms with E-state index in [1.54, 1.807) is 12.3 Å². The summed E-state index contributed by atoms with van der Waals surface area (Å²) in [6, 6.07) is 10.4. The number of allylic oxidation sites excluding steroid dienone is 1. The van der Waals surface area contributed by atoms with Crippen LogP contribution in [-0.4, -0.2) is 34.2 Å². The van der Waals surface area contributed by atoms with Crippen molar-refractivity contribution < 1.29 is 19.3 Å². The summed E-state index contributed by atoms with van der Waals surface area (Å²) in [6.07, 6.45) is 6.98. The summed E-state index contributed by atoms with van der Waals surface area (Å²) in [4.78, 5) is 4.54. The molecule has 30 heavy (non-hydrogen) atoms. The molecule has 5 heteroatoms. The van der Waals surface area contributed by atoms with E-state index in [0.29, 0.717) is 5.92 Å². The third-order valence-electron chi connectivity index (χ3n) is 7.02. The number of aromatic nitrogens is 1. The average molecular weight is 412 g/mol. The van der Waals surface area contributed by atoms with Crippen LogP contribution in [0.25, 0.3) is 17.2 Å². The van der Waals surface area contributed by atoms with Crippen LogP contribution >= 0.6 is 0 Å². The number of aliphatic hydroxyl groups excluding tert-OH is 2. The zero-order valence-corrected chi connectivity index (χ0v) is 17.5. The second-order valence-electron chi connectivity index (χ2n) is 8.64. The molecule has 160 valence electrons. The molecular formula is C25H30FNO3. The van der Waals surface area contributed by atoms with Crippen molar-refractivity contribution in [2.45, 2.75) is 39.1 Å². The Morgan fingerprint density at radius 2 is 2.07 bits per heavy atom. The van der Waals surface area contributed by atoms with Crippen molar-refractivity contribution in [1.29, 1.82) is 0 Å². The molecule has 4 nitrogen and oxygen atoms in total. The van der Waals surface area contributed by atoms with Crippen LogP contribution in [0.3, 0.4) is 0 Å². The summed E-state index contributed by atoms with van der Waals surface area (Å²) < 4.78 is 19.2. The lowest BCUT2D eigenvalue weighted by atomic mass is 9.60. The van der Waals surface area contributed by atoms with Gasteiger partial charge in [-0.15, -0.1) is 0 Å². The minimum absolute atomic E-state index is 0.0170. The molecule has 1 aliphatic carbocycles. The predicted octanol–water partition coefficient (Wildman–Crippen LogP) is 4.53. The van der Waals surface area contributed by atoms with Crippen LogP contribution in [0.4, 0.5) is 4.39 Å². The maximum absolute atomic E-state index is 13.5. The van der Waals surface area contributed by atoms with Crippen LogP contribution in [0.2, 0.25) is 0 Å². The number of hydrogen-bond acceptors (Lipinski definition) is 4. The highest BCUT2D eigenvalue weighted by Crippen LogP contribution is 2.51. The Morgan fingerprint density at radius 3 is 2.73 bits per heavy atom. The Hall–Kier alpha value is -2.08. The Bertz CT molecular complexity index is 884. The standard InChI is InChI=1S/C25H30FNO3/c1-3-21-18(14-28)12-23-24(15(2)30-25(23)29)22(21)10-9-20-8-7-17(13-27-20)16-5-4-6-19(26)11-16/h4-11,13,15,18,21-25,28-29H,3,12,14H2,1-2H3/b10-9+/t15-,18-,21-,22+,23-,24+,25?/m1/s1. The van der Waals surface area contributed by atoms with Crippen LogP contribution in [0, 0.1) is 35.4 Å². The number of ether oxygens (including phenoxy) is 1. The first-order valence-electron chi connectivity index (χ1n) is 10.9. The summed E-state index contributed by atoms with van der Waals surface area (Å²) in [5.41, 5.74) is 2.51. The molecule has 1 saturated heterocycles. The molecule has 1 aromatic heterocycles. The van der Waals surface area contributed by atoms with Gasteiger partial charge in [0.1, 0.15) is 5.82 Å². The SMILES string of the molecule is CC[C@@H]1[C@@H](CO)C[C@H]2C(O)O[C@H](C)[C@H]2[C@H]1/C=C/c1ccc(-c2cccc(F)c2)cn1. The summed E-state index contributed by atoms with van der Waals surface area (Å²) in [5.74, 6) is 0.742. The number of hydrogen-bond donors (Lipinski definition) is 2. The van der Waals surface area contributed by atoms with Gasteiger partial charge in [-0.05, 0) is 66.9 Å². The van der Waals surface area contributed by atoms with E-state index < -0.39 is 6.29 Å². The Balaban J connectivity index is 1.57. The van der Waals surface area contributed by atoms with Gasteiger partial charge < -0.3 is 14.9 Å². The zero-order chi connectivity index (χ0) is 21.3. The van der Waals surface area contributed by atoms with Gasteiger partial charge in [0.25, 0.3) is 0 Å². The fourth-order valence-electron chi connectivity index (χ4n) is 5.58. The van der Waals surface area contributed by atoms with Crippen molar-refractivity contribution in [3.63, 3.8) is 0 Å². The first-order valence-corrected chi connectivity index (χ1v) is 10.9. The van der Waals surface area contributed by atoms with Crippen LogP contribution in [0.5, 0.6) is 0 Å². The van der Waals surface area contributed by atoms with E-state index in [9.17, 15) is 14.6 Å². The highest BCUT2D eigenvalue weighted by atomic mass is 19.1. The zero-order valence-electron chi connectivity index (χ0n) is 17.5. The molecule has 1 aromatic carbocycles. The number of benzene rings is 1. The lowest BCUT2D eigenvalue weighted by Gasteiger charge is -2.44. The van der Waals surface area contributed by atoms with E-state index in [1.807, 2.05) is 31.2 Å². The van der Waals surface area contributed by atoms with E-state index in [1.165, 1.54) is 12.1 Å². The second-order valence-corrected chi connectivity index (χ2v) is 8.64. The van der Waals surface area contributed by atoms with E-state index in [0.717, 1.165) is 29.7 Å². The fraction of sp³-hybridized carbons (Fsp3) is 0.480. The third-order valence-corrected chi connectivity index (χ3v) is 7.02. The van der Waals surface area contributed by atoms with Crippen molar-refractivity contribution in [2.24, 2.45) is 29.6 Å². The number of fused-ring (bicyclic) bond motifs is 1. The largest absolute Gasteiger partial charge is 0.396 e. The maximum Gasteiger partial charge on any atom is 0.158 e. The molecule has 2 aliphatic rings. The monoisotopic (exact) mass is 411 g/mol. The first kappa shape index (κ1) is 21.2. The minimum Gasteiger partial charge on any atom is -0.396 e. The van der Waals surface area contributed by atoms with Gasteiger partial charge in [0.05, 0.1) is 11.8 Å². The maximum atomic E-state index is 13.5. The molecule has 2 heterocycles. The van der Waals surface area contributed by atoms with Gasteiger partial charge in [-0.3, -0.25) is 4.98 Å². The molecule has 7 atom stereocenters. The van der Waals surface area contributed by atoms with E-state index in [-0.39, 0.29) is 42.2 Å². The van der Waals surface area contributed by atoms with Crippen LogP contribution < -0.4 is 0 Å². The molecule has 2 fully saturated rings. The summed E-state index contributed by atoms with van der Waals surface area (Å²) in [6.45, 7) is 4.33. The number of nitrogens with zero attached hydrogens (tertiary/aromatic N) is 1. The van der Waals surface area contributed by atoms with Crippen LogP contribution in [0.15, 0.2) is 48.7 Å². The number of halogens is 1. The van der Waals surface area contributed by atoms with Gasteiger partial charge >= 0.3 is 0 Å². The van der Waals surface area contributed by atoms with Gasteiger partial charge in [-0.2, -0.15) is 0 Å². The average Bonchev–Trinajstić information content (AvgIpc) is 3.04. The fourth-order valence-corrected chi connectivity index (χ4v) is 5.58. The molecular weight excluding hydrogens is 381 g/mol. The molecule has 2 N–H and O–H groups in total. The van der Waals surface area contributed by atoms with Crippen molar-refractivity contribution in [3.8, 4) is 11.1 Å². The van der Waals surface area contributed by atoms with Crippen molar-refractivity contribution in [3.05, 3.63) is 60.2 Å². The highest BCUT2D eigenvalue weighted by Gasteiger charge is 2.52. The van der Waals surface area contributed by atoms with E-state index >= 15 is 0 Å². The lowest BCUT2D eigenvalue weighted by Crippen LogP contribution is -2.43.